The van der Waals surface area contributed by atoms with E-state index < -0.39 is 6.23 Å². The summed E-state index contributed by atoms with van der Waals surface area (Å²) in [5.41, 5.74) is 0.817. The smallest absolute Gasteiger partial charge is 0.136 e. The third kappa shape index (κ3) is 1.78. The van der Waals surface area contributed by atoms with Crippen LogP contribution < -0.4 is 0 Å². The van der Waals surface area contributed by atoms with Crippen molar-refractivity contribution in [1.82, 2.24) is 14.7 Å². The van der Waals surface area contributed by atoms with E-state index in [1.165, 1.54) is 0 Å². The number of aliphatic hydroxyl groups is 1. The van der Waals surface area contributed by atoms with Crippen LogP contribution in [0.4, 0.5) is 0 Å². The summed E-state index contributed by atoms with van der Waals surface area (Å²) >= 11 is 0. The summed E-state index contributed by atoms with van der Waals surface area (Å²) in [5, 5.41) is 13.4. The van der Waals surface area contributed by atoms with Crippen LogP contribution in [0.2, 0.25) is 0 Å². The van der Waals surface area contributed by atoms with E-state index in [2.05, 4.69) is 5.10 Å². The quantitative estimate of drug-likeness (QED) is 0.610. The molecule has 1 atom stereocenters. The zero-order valence-corrected chi connectivity index (χ0v) is 7.02. The first-order valence-electron chi connectivity index (χ1n) is 3.44. The van der Waals surface area contributed by atoms with E-state index in [0.29, 0.717) is 0 Å². The standard InChI is InChI=1S/C7H13N3O/c1-9(2)7(11)6-4-8-10(3)5-6/h4-5,7,11H,1-3H3. The fraction of sp³-hybridized carbons (Fsp3) is 0.571. The van der Waals surface area contributed by atoms with Crippen LogP contribution in [-0.2, 0) is 7.05 Å². The largest absolute Gasteiger partial charge is 0.374 e. The predicted octanol–water partition coefficient (Wildman–Crippen LogP) is -0.0274. The molecule has 1 heterocycles. The molecule has 0 aliphatic heterocycles. The predicted molar refractivity (Wildman–Crippen MR) is 41.9 cm³/mol. The zero-order chi connectivity index (χ0) is 8.43. The van der Waals surface area contributed by atoms with Gasteiger partial charge in [0.25, 0.3) is 0 Å². The molecule has 1 aromatic heterocycles. The lowest BCUT2D eigenvalue weighted by Crippen LogP contribution is -2.18. The number of aliphatic hydroxyl groups excluding tert-OH is 1. The van der Waals surface area contributed by atoms with Crippen LogP contribution in [0, 0.1) is 0 Å². The number of hydrogen-bond donors (Lipinski definition) is 1. The molecule has 1 rings (SSSR count). The average Bonchev–Trinajstić information content (AvgIpc) is 2.34. The topological polar surface area (TPSA) is 41.3 Å². The Hall–Kier alpha value is -0.870. The molecule has 0 saturated carbocycles. The van der Waals surface area contributed by atoms with Crippen molar-refractivity contribution in [3.63, 3.8) is 0 Å². The molecule has 1 N–H and O–H groups in total. The summed E-state index contributed by atoms with van der Waals surface area (Å²) in [6.07, 6.45) is 2.90. The highest BCUT2D eigenvalue weighted by atomic mass is 16.3. The molecule has 4 heteroatoms. The monoisotopic (exact) mass is 155 g/mol. The Morgan fingerprint density at radius 3 is 2.64 bits per heavy atom. The van der Waals surface area contributed by atoms with Crippen molar-refractivity contribution in [3.05, 3.63) is 18.0 Å². The Balaban J connectivity index is 2.76. The van der Waals surface area contributed by atoms with E-state index in [-0.39, 0.29) is 0 Å². The molecule has 0 spiro atoms. The Bertz CT molecular complexity index is 231. The van der Waals surface area contributed by atoms with Crippen molar-refractivity contribution in [2.24, 2.45) is 7.05 Å². The second-order valence-electron chi connectivity index (χ2n) is 2.78. The van der Waals surface area contributed by atoms with E-state index in [1.54, 1.807) is 22.0 Å². The number of hydrogen-bond acceptors (Lipinski definition) is 3. The molecule has 0 amide bonds. The highest BCUT2D eigenvalue weighted by Gasteiger charge is 2.10. The van der Waals surface area contributed by atoms with Gasteiger partial charge in [0.05, 0.1) is 6.20 Å². The van der Waals surface area contributed by atoms with Crippen molar-refractivity contribution in [2.45, 2.75) is 6.23 Å². The summed E-state index contributed by atoms with van der Waals surface area (Å²) < 4.78 is 1.67. The minimum atomic E-state index is -0.552. The van der Waals surface area contributed by atoms with E-state index in [9.17, 15) is 5.11 Å². The van der Waals surface area contributed by atoms with Gasteiger partial charge in [-0.25, -0.2) is 0 Å². The van der Waals surface area contributed by atoms with Crippen LogP contribution >= 0.6 is 0 Å². The number of rotatable bonds is 2. The van der Waals surface area contributed by atoms with Gasteiger partial charge < -0.3 is 5.11 Å². The molecule has 0 bridgehead atoms. The van der Waals surface area contributed by atoms with E-state index in [1.807, 2.05) is 21.1 Å². The summed E-state index contributed by atoms with van der Waals surface area (Å²) in [6, 6.07) is 0. The number of aryl methyl sites for hydroxylation is 1. The van der Waals surface area contributed by atoms with E-state index in [4.69, 9.17) is 0 Å². The molecule has 0 aromatic carbocycles. The zero-order valence-electron chi connectivity index (χ0n) is 7.02. The maximum atomic E-state index is 9.48. The number of nitrogens with zero attached hydrogens (tertiary/aromatic N) is 3. The van der Waals surface area contributed by atoms with Crippen molar-refractivity contribution in [3.8, 4) is 0 Å². The van der Waals surface area contributed by atoms with Crippen LogP contribution in [0.3, 0.4) is 0 Å². The van der Waals surface area contributed by atoms with Gasteiger partial charge in [-0.05, 0) is 14.1 Å². The fourth-order valence-corrected chi connectivity index (χ4v) is 0.872. The van der Waals surface area contributed by atoms with Crippen LogP contribution in [0.5, 0.6) is 0 Å². The molecule has 1 aromatic rings. The van der Waals surface area contributed by atoms with Crippen molar-refractivity contribution >= 4 is 0 Å². The normalized spacial score (nSPS) is 13.9. The molecule has 62 valence electrons. The molecule has 11 heavy (non-hydrogen) atoms. The Labute approximate surface area is 66.1 Å². The van der Waals surface area contributed by atoms with Crippen LogP contribution in [0.15, 0.2) is 12.4 Å². The van der Waals surface area contributed by atoms with Gasteiger partial charge in [-0.15, -0.1) is 0 Å². The minimum Gasteiger partial charge on any atom is -0.374 e. The number of aromatic nitrogens is 2. The van der Waals surface area contributed by atoms with Gasteiger partial charge in [-0.1, -0.05) is 0 Å². The lowest BCUT2D eigenvalue weighted by molar-refractivity contribution is 0.0395. The van der Waals surface area contributed by atoms with Gasteiger partial charge in [-0.2, -0.15) is 5.10 Å². The first-order valence-corrected chi connectivity index (χ1v) is 3.44. The maximum Gasteiger partial charge on any atom is 0.136 e. The molecule has 4 nitrogen and oxygen atoms in total. The van der Waals surface area contributed by atoms with Gasteiger partial charge in [0, 0.05) is 18.8 Å². The molecule has 1 unspecified atom stereocenters. The van der Waals surface area contributed by atoms with Gasteiger partial charge in [0.1, 0.15) is 6.23 Å². The lowest BCUT2D eigenvalue weighted by Gasteiger charge is -2.15. The lowest BCUT2D eigenvalue weighted by atomic mass is 10.3. The fourth-order valence-electron chi connectivity index (χ4n) is 0.872. The SMILES string of the molecule is CN(C)C(O)c1cnn(C)c1. The van der Waals surface area contributed by atoms with Crippen molar-refractivity contribution < 1.29 is 5.11 Å². The first kappa shape index (κ1) is 8.23. The molecule has 0 fully saturated rings. The average molecular weight is 155 g/mol. The second kappa shape index (κ2) is 3.02. The molecule has 0 aliphatic rings. The first-order chi connectivity index (χ1) is 5.11. The maximum absolute atomic E-state index is 9.48. The molecular weight excluding hydrogens is 142 g/mol. The summed E-state index contributed by atoms with van der Waals surface area (Å²) in [5.74, 6) is 0. The third-order valence-electron chi connectivity index (χ3n) is 1.51. The van der Waals surface area contributed by atoms with Gasteiger partial charge >= 0.3 is 0 Å². The van der Waals surface area contributed by atoms with Gasteiger partial charge in [0.2, 0.25) is 0 Å². The third-order valence-corrected chi connectivity index (χ3v) is 1.51. The molecule has 0 aliphatic carbocycles. The second-order valence-corrected chi connectivity index (χ2v) is 2.78. The van der Waals surface area contributed by atoms with Gasteiger partial charge in [0.15, 0.2) is 0 Å². The van der Waals surface area contributed by atoms with Crippen LogP contribution in [0.25, 0.3) is 0 Å². The highest BCUT2D eigenvalue weighted by molar-refractivity contribution is 5.06. The van der Waals surface area contributed by atoms with Crippen molar-refractivity contribution in [1.29, 1.82) is 0 Å². The Kier molecular flexibility index (Phi) is 2.26. The Morgan fingerprint density at radius 2 is 2.27 bits per heavy atom. The summed E-state index contributed by atoms with van der Waals surface area (Å²) in [7, 11) is 5.46. The molecular formula is C7H13N3O. The summed E-state index contributed by atoms with van der Waals surface area (Å²) in [4.78, 5) is 1.72. The minimum absolute atomic E-state index is 0.552. The molecule has 0 radical (unpaired) electrons. The molecule has 0 saturated heterocycles. The highest BCUT2D eigenvalue weighted by Crippen LogP contribution is 2.12. The summed E-state index contributed by atoms with van der Waals surface area (Å²) in [6.45, 7) is 0. The van der Waals surface area contributed by atoms with Gasteiger partial charge in [-0.3, -0.25) is 9.58 Å². The van der Waals surface area contributed by atoms with Crippen LogP contribution in [-0.4, -0.2) is 33.9 Å². The Morgan fingerprint density at radius 1 is 1.64 bits per heavy atom. The van der Waals surface area contributed by atoms with E-state index in [0.717, 1.165) is 5.56 Å². The van der Waals surface area contributed by atoms with Crippen molar-refractivity contribution in [2.75, 3.05) is 14.1 Å². The van der Waals surface area contributed by atoms with E-state index >= 15 is 0 Å². The van der Waals surface area contributed by atoms with Crippen LogP contribution in [0.1, 0.15) is 11.8 Å².